The molecule has 1 N–H and O–H groups in total. The number of nitrogens with one attached hydrogen (secondary N) is 1. The van der Waals surface area contributed by atoms with E-state index in [-0.39, 0.29) is 0 Å². The highest BCUT2D eigenvalue weighted by atomic mass is 35.5. The molecule has 1 aliphatic carbocycles. The lowest BCUT2D eigenvalue weighted by molar-refractivity contribution is 0.459. The van der Waals surface area contributed by atoms with Crippen molar-refractivity contribution in [3.63, 3.8) is 0 Å². The van der Waals surface area contributed by atoms with Gasteiger partial charge in [-0.3, -0.25) is 0 Å². The van der Waals surface area contributed by atoms with Crippen LogP contribution < -0.4 is 5.32 Å². The Kier molecular flexibility index (Phi) is 4.87. The number of hydrogen-bond acceptors (Lipinski definition) is 1. The van der Waals surface area contributed by atoms with E-state index in [4.69, 9.17) is 11.6 Å². The van der Waals surface area contributed by atoms with Crippen molar-refractivity contribution in [2.75, 3.05) is 0 Å². The van der Waals surface area contributed by atoms with Gasteiger partial charge in [-0.1, -0.05) is 72.3 Å². The van der Waals surface area contributed by atoms with Gasteiger partial charge in [-0.15, -0.1) is 0 Å². The van der Waals surface area contributed by atoms with Crippen molar-refractivity contribution in [3.8, 4) is 11.1 Å². The highest BCUT2D eigenvalue weighted by Gasteiger charge is 2.18. The highest BCUT2D eigenvalue weighted by Crippen LogP contribution is 2.30. The van der Waals surface area contributed by atoms with Gasteiger partial charge in [-0.25, -0.2) is 0 Å². The van der Waals surface area contributed by atoms with Crippen molar-refractivity contribution in [2.45, 2.75) is 31.8 Å². The average molecular weight is 348 g/mol. The largest absolute Gasteiger partial charge is 0.306 e. The minimum atomic E-state index is 0.473. The molecule has 0 amide bonds. The Morgan fingerprint density at radius 3 is 2.28 bits per heavy atom. The van der Waals surface area contributed by atoms with Gasteiger partial charge in [0.05, 0.1) is 0 Å². The molecular formula is C23H22ClN. The SMILES string of the molecule is Clc1ccc(-c2ccc(CN[C@H]3CCCc4ccccc43)cc2)cc1. The number of benzene rings is 3. The van der Waals surface area contributed by atoms with Gasteiger partial charge >= 0.3 is 0 Å². The first-order valence-electron chi connectivity index (χ1n) is 8.96. The molecule has 0 spiro atoms. The summed E-state index contributed by atoms with van der Waals surface area (Å²) < 4.78 is 0. The van der Waals surface area contributed by atoms with Crippen LogP contribution in [-0.4, -0.2) is 0 Å². The highest BCUT2D eigenvalue weighted by molar-refractivity contribution is 6.30. The number of rotatable bonds is 4. The Hall–Kier alpha value is -2.09. The third kappa shape index (κ3) is 3.78. The van der Waals surface area contributed by atoms with E-state index in [0.717, 1.165) is 11.6 Å². The molecule has 0 saturated heterocycles. The molecule has 1 aliphatic rings. The molecule has 126 valence electrons. The summed E-state index contributed by atoms with van der Waals surface area (Å²) in [6.45, 7) is 0.903. The van der Waals surface area contributed by atoms with E-state index in [0.29, 0.717) is 6.04 Å². The van der Waals surface area contributed by atoms with Gasteiger partial charge in [0.1, 0.15) is 0 Å². The van der Waals surface area contributed by atoms with Gasteiger partial charge in [0, 0.05) is 17.6 Å². The summed E-state index contributed by atoms with van der Waals surface area (Å²) in [6.07, 6.45) is 3.70. The second-order valence-electron chi connectivity index (χ2n) is 6.73. The van der Waals surface area contributed by atoms with Crippen molar-refractivity contribution >= 4 is 11.6 Å². The monoisotopic (exact) mass is 347 g/mol. The fourth-order valence-corrected chi connectivity index (χ4v) is 3.79. The van der Waals surface area contributed by atoms with Crippen LogP contribution in [0.15, 0.2) is 72.8 Å². The molecule has 0 saturated carbocycles. The van der Waals surface area contributed by atoms with Crippen LogP contribution in [0.25, 0.3) is 11.1 Å². The van der Waals surface area contributed by atoms with E-state index >= 15 is 0 Å². The van der Waals surface area contributed by atoms with E-state index < -0.39 is 0 Å². The van der Waals surface area contributed by atoms with Gasteiger partial charge in [0.15, 0.2) is 0 Å². The lowest BCUT2D eigenvalue weighted by atomic mass is 9.87. The van der Waals surface area contributed by atoms with Crippen LogP contribution in [0.5, 0.6) is 0 Å². The molecule has 0 bridgehead atoms. The molecule has 0 aromatic heterocycles. The number of aryl methyl sites for hydroxylation is 1. The summed E-state index contributed by atoms with van der Waals surface area (Å²) in [5.41, 5.74) is 6.73. The first kappa shape index (κ1) is 16.4. The maximum atomic E-state index is 5.97. The van der Waals surface area contributed by atoms with Crippen LogP contribution in [0.4, 0.5) is 0 Å². The second-order valence-corrected chi connectivity index (χ2v) is 7.16. The molecule has 4 rings (SSSR count). The zero-order valence-electron chi connectivity index (χ0n) is 14.2. The number of halogens is 1. The van der Waals surface area contributed by atoms with Gasteiger partial charge in [-0.2, -0.15) is 0 Å². The maximum absolute atomic E-state index is 5.97. The Morgan fingerprint density at radius 1 is 0.840 bits per heavy atom. The molecule has 1 nitrogen and oxygen atoms in total. The fraction of sp³-hybridized carbons (Fsp3) is 0.217. The third-order valence-electron chi connectivity index (χ3n) is 5.05. The molecule has 1 atom stereocenters. The predicted molar refractivity (Wildman–Crippen MR) is 106 cm³/mol. The van der Waals surface area contributed by atoms with E-state index in [1.54, 1.807) is 0 Å². The molecule has 0 fully saturated rings. The van der Waals surface area contributed by atoms with Gasteiger partial charge in [-0.05, 0) is 59.2 Å². The van der Waals surface area contributed by atoms with E-state index in [9.17, 15) is 0 Å². The molecule has 3 aromatic carbocycles. The first-order valence-corrected chi connectivity index (χ1v) is 9.33. The molecular weight excluding hydrogens is 326 g/mol. The Bertz CT molecular complexity index is 837. The molecule has 25 heavy (non-hydrogen) atoms. The van der Waals surface area contributed by atoms with Crippen LogP contribution >= 0.6 is 11.6 Å². The smallest absolute Gasteiger partial charge is 0.0406 e. The first-order chi connectivity index (χ1) is 12.3. The summed E-state index contributed by atoms with van der Waals surface area (Å²) >= 11 is 5.97. The summed E-state index contributed by atoms with van der Waals surface area (Å²) in [4.78, 5) is 0. The summed E-state index contributed by atoms with van der Waals surface area (Å²) in [6, 6.07) is 26.1. The minimum Gasteiger partial charge on any atom is -0.306 e. The average Bonchev–Trinajstić information content (AvgIpc) is 2.67. The van der Waals surface area contributed by atoms with Gasteiger partial charge in [0.2, 0.25) is 0 Å². The van der Waals surface area contributed by atoms with Crippen LogP contribution in [-0.2, 0) is 13.0 Å². The minimum absolute atomic E-state index is 0.473. The van der Waals surface area contributed by atoms with E-state index in [2.05, 4.69) is 66.0 Å². The van der Waals surface area contributed by atoms with Crippen molar-refractivity contribution < 1.29 is 0 Å². The molecule has 0 radical (unpaired) electrons. The van der Waals surface area contributed by atoms with Crippen molar-refractivity contribution in [3.05, 3.63) is 94.5 Å². The topological polar surface area (TPSA) is 12.0 Å². The van der Waals surface area contributed by atoms with Crippen LogP contribution in [0.2, 0.25) is 5.02 Å². The standard InChI is InChI=1S/C23H22ClN/c24-21-14-12-19(13-15-21)18-10-8-17(9-11-18)16-25-23-7-3-5-20-4-1-2-6-22(20)23/h1-2,4,6,8-15,23,25H,3,5,7,16H2/t23-/m0/s1. The molecule has 0 unspecified atom stereocenters. The second kappa shape index (κ2) is 7.43. The molecule has 3 aromatic rings. The summed E-state index contributed by atoms with van der Waals surface area (Å²) in [5.74, 6) is 0. The van der Waals surface area contributed by atoms with Crippen LogP contribution in [0.3, 0.4) is 0 Å². The van der Waals surface area contributed by atoms with Gasteiger partial charge in [0.25, 0.3) is 0 Å². The molecule has 0 aliphatic heterocycles. The van der Waals surface area contributed by atoms with E-state index in [1.165, 1.54) is 47.1 Å². The Labute approximate surface area is 154 Å². The van der Waals surface area contributed by atoms with E-state index in [1.807, 2.05) is 12.1 Å². The van der Waals surface area contributed by atoms with Crippen LogP contribution in [0, 0.1) is 0 Å². The Morgan fingerprint density at radius 2 is 1.52 bits per heavy atom. The molecule has 2 heteroatoms. The third-order valence-corrected chi connectivity index (χ3v) is 5.31. The van der Waals surface area contributed by atoms with Crippen LogP contribution in [0.1, 0.15) is 35.6 Å². The van der Waals surface area contributed by atoms with Gasteiger partial charge < -0.3 is 5.32 Å². The molecule has 0 heterocycles. The lowest BCUT2D eigenvalue weighted by Crippen LogP contribution is -2.24. The summed E-state index contributed by atoms with van der Waals surface area (Å²) in [5, 5.41) is 4.52. The fourth-order valence-electron chi connectivity index (χ4n) is 3.66. The Balaban J connectivity index is 1.43. The lowest BCUT2D eigenvalue weighted by Gasteiger charge is -2.26. The maximum Gasteiger partial charge on any atom is 0.0406 e. The normalized spacial score (nSPS) is 16.4. The van der Waals surface area contributed by atoms with Crippen molar-refractivity contribution in [1.29, 1.82) is 0 Å². The predicted octanol–water partition coefficient (Wildman–Crippen LogP) is 6.17. The quantitative estimate of drug-likeness (QED) is 0.594. The summed E-state index contributed by atoms with van der Waals surface area (Å²) in [7, 11) is 0. The number of fused-ring (bicyclic) bond motifs is 1. The van der Waals surface area contributed by atoms with Crippen molar-refractivity contribution in [2.24, 2.45) is 0 Å². The van der Waals surface area contributed by atoms with Crippen molar-refractivity contribution in [1.82, 2.24) is 5.32 Å². The zero-order chi connectivity index (χ0) is 17.1. The number of hydrogen-bond donors (Lipinski definition) is 1. The zero-order valence-corrected chi connectivity index (χ0v) is 15.0.